The molecule has 2 heterocycles. The fraction of sp³-hybridized carbons (Fsp3) is 0.576. The van der Waals surface area contributed by atoms with Crippen LogP contribution in [-0.2, 0) is 23.8 Å². The largest absolute Gasteiger partial charge is 0.573 e. The molecule has 0 aromatic heterocycles. The molecule has 44 heavy (non-hydrogen) atoms. The molecule has 0 radical (unpaired) electrons. The van der Waals surface area contributed by atoms with Gasteiger partial charge in [-0.2, -0.15) is 0 Å². The summed E-state index contributed by atoms with van der Waals surface area (Å²) in [4.78, 5) is 26.3. The lowest BCUT2D eigenvalue weighted by molar-refractivity contribution is -0.947. The summed E-state index contributed by atoms with van der Waals surface area (Å²) in [6.45, 7) is 3.34. The molecule has 1 aromatic rings. The number of ether oxygens (including phenoxy) is 3. The van der Waals surface area contributed by atoms with E-state index in [2.05, 4.69) is 17.1 Å². The van der Waals surface area contributed by atoms with Crippen molar-refractivity contribution in [3.63, 3.8) is 0 Å². The SMILES string of the molecule is CC(=O)OC1(NC(=O)C(OC(F)(F)F)=C(O)c2ccccc2)C=CC2=C3C1O[C@H]1CCC[C@H]4[C@@H](C2)[N+](C)(CC2CC2)CC[C@]314. The van der Waals surface area contributed by atoms with E-state index in [0.717, 1.165) is 60.2 Å². The smallest absolute Gasteiger partial charge is 0.504 e. The summed E-state index contributed by atoms with van der Waals surface area (Å²) in [6, 6.07) is 7.75. The predicted octanol–water partition coefficient (Wildman–Crippen LogP) is 5.28. The van der Waals surface area contributed by atoms with Crippen LogP contribution in [0, 0.1) is 17.3 Å². The quantitative estimate of drug-likeness (QED) is 0.143. The molecule has 2 aliphatic heterocycles. The number of piperidine rings is 1. The van der Waals surface area contributed by atoms with Crippen molar-refractivity contribution in [1.29, 1.82) is 0 Å². The molecule has 2 N–H and O–H groups in total. The van der Waals surface area contributed by atoms with Gasteiger partial charge in [-0.15, -0.1) is 13.2 Å². The van der Waals surface area contributed by atoms with E-state index in [4.69, 9.17) is 9.47 Å². The number of nitrogens with one attached hydrogen (secondary N) is 1. The molecule has 1 spiro atoms. The van der Waals surface area contributed by atoms with Gasteiger partial charge in [0, 0.05) is 42.6 Å². The number of benzene rings is 1. The van der Waals surface area contributed by atoms with E-state index < -0.39 is 41.6 Å². The highest BCUT2D eigenvalue weighted by atomic mass is 19.4. The van der Waals surface area contributed by atoms with Gasteiger partial charge in [-0.1, -0.05) is 42.8 Å². The standard InChI is InChI=1S/C33H37F3N2O6/c1-19(39)43-32(37-30(41)28(44-33(34,35)36)27(40)21-7-4-3-5-8-21)14-13-22-17-24-23-9-6-10-25-31(23,26(22)29(32)42-25)15-16-38(24,2)18-20-11-12-20/h3-5,7-8,13-14,20,23-25,29H,6,9-12,15-18H2,1-2H3,(H-,37,40,41)/p+1/t23-,24+,25-,29?,31+,32?,38?/m0/s1. The molecule has 1 aromatic carbocycles. The first kappa shape index (κ1) is 29.4. The topological polar surface area (TPSA) is 94.1 Å². The Bertz CT molecular complexity index is 1470. The zero-order chi connectivity index (χ0) is 31.1. The minimum absolute atomic E-state index is 0.0506. The molecular formula is C33H38F3N2O6+. The van der Waals surface area contributed by atoms with Crippen molar-refractivity contribution in [1.82, 2.24) is 5.32 Å². The van der Waals surface area contributed by atoms with Crippen LogP contribution in [0.1, 0.15) is 57.4 Å². The molecule has 2 saturated carbocycles. The van der Waals surface area contributed by atoms with Crippen molar-refractivity contribution < 1.29 is 46.6 Å². The number of esters is 1. The van der Waals surface area contributed by atoms with Crippen LogP contribution in [0.5, 0.6) is 0 Å². The molecular weight excluding hydrogens is 577 g/mol. The maximum absolute atomic E-state index is 13.7. The molecule has 2 saturated heterocycles. The third-order valence-corrected chi connectivity index (χ3v) is 11.0. The molecule has 1 amide bonds. The van der Waals surface area contributed by atoms with Crippen LogP contribution in [0.15, 0.2) is 59.4 Å². The summed E-state index contributed by atoms with van der Waals surface area (Å²) < 4.78 is 58.4. The van der Waals surface area contributed by atoms with Crippen molar-refractivity contribution >= 4 is 17.6 Å². The average molecular weight is 616 g/mol. The van der Waals surface area contributed by atoms with Gasteiger partial charge in [0.05, 0.1) is 32.3 Å². The lowest BCUT2D eigenvalue weighted by Crippen LogP contribution is -2.69. The van der Waals surface area contributed by atoms with E-state index in [1.807, 2.05) is 6.08 Å². The normalized spacial score (nSPS) is 37.6. The van der Waals surface area contributed by atoms with Crippen LogP contribution in [0.4, 0.5) is 13.2 Å². The first-order valence-electron chi connectivity index (χ1n) is 15.5. The van der Waals surface area contributed by atoms with Gasteiger partial charge < -0.3 is 29.1 Å². The second kappa shape index (κ2) is 10.1. The Hall–Kier alpha value is -3.31. The number of halogens is 3. The number of rotatable bonds is 7. The Balaban J connectivity index is 1.29. The number of hydrogen-bond donors (Lipinski definition) is 2. The number of likely N-dealkylation sites (tertiary alicyclic amines) is 1. The Morgan fingerprint density at radius 1 is 1.16 bits per heavy atom. The number of carbonyl (C=O) groups excluding carboxylic acids is 2. The molecule has 4 fully saturated rings. The van der Waals surface area contributed by atoms with E-state index >= 15 is 0 Å². The van der Waals surface area contributed by atoms with Crippen molar-refractivity contribution in [2.45, 2.75) is 82.2 Å². The summed E-state index contributed by atoms with van der Waals surface area (Å²) in [5.74, 6) is -3.36. The fourth-order valence-electron chi connectivity index (χ4n) is 9.18. The van der Waals surface area contributed by atoms with Crippen LogP contribution in [0.3, 0.4) is 0 Å². The number of aliphatic hydroxyl groups is 1. The van der Waals surface area contributed by atoms with E-state index in [1.165, 1.54) is 56.7 Å². The molecule has 7 rings (SSSR count). The van der Waals surface area contributed by atoms with E-state index in [-0.39, 0.29) is 17.1 Å². The second-order valence-corrected chi connectivity index (χ2v) is 13.6. The Morgan fingerprint density at radius 3 is 2.59 bits per heavy atom. The molecule has 8 nitrogen and oxygen atoms in total. The fourth-order valence-corrected chi connectivity index (χ4v) is 9.18. The predicted molar refractivity (Wildman–Crippen MR) is 152 cm³/mol. The van der Waals surface area contributed by atoms with Crippen LogP contribution < -0.4 is 5.32 Å². The number of aliphatic hydroxyl groups excluding tert-OH is 1. The molecule has 11 heteroatoms. The zero-order valence-corrected chi connectivity index (χ0v) is 24.9. The summed E-state index contributed by atoms with van der Waals surface area (Å²) in [6.07, 6.45) is 4.17. The lowest BCUT2D eigenvalue weighted by atomic mass is 9.50. The lowest BCUT2D eigenvalue weighted by Gasteiger charge is -2.62. The number of allylic oxidation sites excluding steroid dienone is 1. The van der Waals surface area contributed by atoms with Crippen LogP contribution in [-0.4, -0.2) is 71.9 Å². The highest BCUT2D eigenvalue weighted by molar-refractivity contribution is 5.98. The van der Waals surface area contributed by atoms with E-state index in [1.54, 1.807) is 6.07 Å². The third-order valence-electron chi connectivity index (χ3n) is 11.0. The van der Waals surface area contributed by atoms with Crippen molar-refractivity contribution in [3.8, 4) is 0 Å². The van der Waals surface area contributed by atoms with Gasteiger partial charge in [0.25, 0.3) is 5.91 Å². The number of amides is 1. The second-order valence-electron chi connectivity index (χ2n) is 13.6. The van der Waals surface area contributed by atoms with Gasteiger partial charge in [0.15, 0.2) is 5.76 Å². The van der Waals surface area contributed by atoms with E-state index in [9.17, 15) is 27.9 Å². The maximum Gasteiger partial charge on any atom is 0.573 e. The molecule has 6 aliphatic rings. The molecule has 236 valence electrons. The van der Waals surface area contributed by atoms with Gasteiger partial charge >= 0.3 is 12.3 Å². The highest BCUT2D eigenvalue weighted by Gasteiger charge is 2.71. The van der Waals surface area contributed by atoms with Crippen LogP contribution >= 0.6 is 0 Å². The summed E-state index contributed by atoms with van der Waals surface area (Å²) in [5, 5.41) is 13.3. The number of nitrogens with zero attached hydrogens (tertiary/aromatic N) is 1. The van der Waals surface area contributed by atoms with Gasteiger partial charge in [0.1, 0.15) is 6.10 Å². The monoisotopic (exact) mass is 615 g/mol. The van der Waals surface area contributed by atoms with Gasteiger partial charge in [-0.05, 0) is 42.9 Å². The van der Waals surface area contributed by atoms with Crippen LogP contribution in [0.25, 0.3) is 5.76 Å². The number of quaternary nitrogens is 1. The zero-order valence-electron chi connectivity index (χ0n) is 24.9. The summed E-state index contributed by atoms with van der Waals surface area (Å²) >= 11 is 0. The molecule has 4 aliphatic carbocycles. The number of hydrogen-bond acceptors (Lipinski definition) is 6. The molecule has 3 unspecified atom stereocenters. The van der Waals surface area contributed by atoms with Gasteiger partial charge in [-0.3, -0.25) is 9.59 Å². The third kappa shape index (κ3) is 4.65. The summed E-state index contributed by atoms with van der Waals surface area (Å²) in [5.41, 5.74) is -0.181. The molecule has 2 bridgehead atoms. The van der Waals surface area contributed by atoms with Crippen LogP contribution in [0.2, 0.25) is 0 Å². The van der Waals surface area contributed by atoms with Crippen molar-refractivity contribution in [2.75, 3.05) is 20.1 Å². The minimum Gasteiger partial charge on any atom is -0.504 e. The Kier molecular flexibility index (Phi) is 6.75. The van der Waals surface area contributed by atoms with E-state index in [0.29, 0.717) is 12.0 Å². The highest BCUT2D eigenvalue weighted by Crippen LogP contribution is 2.67. The first-order valence-corrected chi connectivity index (χ1v) is 15.5. The Labute approximate surface area is 254 Å². The average Bonchev–Trinajstić information content (AvgIpc) is 3.71. The Morgan fingerprint density at radius 2 is 1.91 bits per heavy atom. The van der Waals surface area contributed by atoms with Crippen molar-refractivity contribution in [2.24, 2.45) is 17.3 Å². The number of alkyl halides is 3. The minimum atomic E-state index is -5.28. The van der Waals surface area contributed by atoms with Gasteiger partial charge in [0.2, 0.25) is 11.5 Å². The first-order chi connectivity index (χ1) is 20.9. The van der Waals surface area contributed by atoms with Gasteiger partial charge in [-0.25, -0.2) is 0 Å². The molecule has 7 atom stereocenters. The summed E-state index contributed by atoms with van der Waals surface area (Å²) in [7, 11) is 2.39. The number of carbonyl (C=O) groups is 2. The maximum atomic E-state index is 13.7. The van der Waals surface area contributed by atoms with Crippen molar-refractivity contribution in [3.05, 3.63) is 65.0 Å².